The van der Waals surface area contributed by atoms with Crippen LogP contribution in [-0.4, -0.2) is 25.9 Å². The minimum absolute atomic E-state index is 0.0908. The third-order valence-corrected chi connectivity index (χ3v) is 5.50. The Bertz CT molecular complexity index is 957. The van der Waals surface area contributed by atoms with Gasteiger partial charge in [0, 0.05) is 23.0 Å². The summed E-state index contributed by atoms with van der Waals surface area (Å²) in [5.41, 5.74) is 1.36. The van der Waals surface area contributed by atoms with E-state index in [0.717, 1.165) is 5.69 Å². The minimum Gasteiger partial charge on any atom is -0.376 e. The quantitative estimate of drug-likeness (QED) is 0.578. The molecule has 0 aliphatic rings. The first kappa shape index (κ1) is 17.9. The van der Waals surface area contributed by atoms with Crippen LogP contribution < -0.4 is 15.4 Å². The molecule has 0 aliphatic heterocycles. The van der Waals surface area contributed by atoms with Gasteiger partial charge in [-0.3, -0.25) is 9.52 Å². The zero-order chi connectivity index (χ0) is 18.4. The van der Waals surface area contributed by atoms with Gasteiger partial charge in [-0.1, -0.05) is 18.2 Å². The van der Waals surface area contributed by atoms with Gasteiger partial charge >= 0.3 is 0 Å². The number of carbonyl (C=O) groups is 1. The van der Waals surface area contributed by atoms with Crippen molar-refractivity contribution in [1.29, 1.82) is 0 Å². The summed E-state index contributed by atoms with van der Waals surface area (Å²) >= 11 is 1.19. The van der Waals surface area contributed by atoms with Gasteiger partial charge in [-0.25, -0.2) is 13.4 Å². The Kier molecular flexibility index (Phi) is 5.49. The fraction of sp³-hybridized carbons (Fsp3) is 0.0588. The topological polar surface area (TPSA) is 100 Å². The predicted molar refractivity (Wildman–Crippen MR) is 103 cm³/mol. The van der Waals surface area contributed by atoms with Gasteiger partial charge < -0.3 is 10.6 Å². The van der Waals surface area contributed by atoms with E-state index >= 15 is 0 Å². The molecule has 3 N–H and O–H groups in total. The summed E-state index contributed by atoms with van der Waals surface area (Å²) in [5.74, 6) is -0.231. The number of anilines is 3. The lowest BCUT2D eigenvalue weighted by Gasteiger charge is -2.09. The van der Waals surface area contributed by atoms with E-state index in [4.69, 9.17) is 0 Å². The molecule has 9 heteroatoms. The molecule has 1 heterocycles. The number of sulfonamides is 1. The number of amides is 1. The summed E-state index contributed by atoms with van der Waals surface area (Å²) in [6.07, 6.45) is 1.52. The van der Waals surface area contributed by atoms with Gasteiger partial charge in [-0.05, 0) is 36.4 Å². The Morgan fingerprint density at radius 1 is 1.00 bits per heavy atom. The normalized spacial score (nSPS) is 10.9. The average molecular weight is 388 g/mol. The van der Waals surface area contributed by atoms with Crippen LogP contribution in [0.1, 0.15) is 0 Å². The Morgan fingerprint density at radius 3 is 2.38 bits per heavy atom. The number of nitrogens with zero attached hydrogens (tertiary/aromatic N) is 1. The number of nitrogens with one attached hydrogen (secondary N) is 3. The smallest absolute Gasteiger partial charge is 0.263 e. The van der Waals surface area contributed by atoms with Crippen molar-refractivity contribution in [3.05, 3.63) is 66.2 Å². The van der Waals surface area contributed by atoms with Crippen molar-refractivity contribution in [2.75, 3.05) is 21.9 Å². The van der Waals surface area contributed by atoms with E-state index in [1.807, 2.05) is 30.3 Å². The molecule has 0 saturated heterocycles. The van der Waals surface area contributed by atoms with Crippen LogP contribution in [0.4, 0.5) is 16.5 Å². The zero-order valence-corrected chi connectivity index (χ0v) is 15.2. The van der Waals surface area contributed by atoms with E-state index in [9.17, 15) is 13.2 Å². The van der Waals surface area contributed by atoms with Crippen molar-refractivity contribution in [3.8, 4) is 0 Å². The second kappa shape index (κ2) is 7.98. The van der Waals surface area contributed by atoms with E-state index in [0.29, 0.717) is 10.8 Å². The Labute approximate surface area is 155 Å². The number of aromatic nitrogens is 1. The molecular formula is C17H16N4O3S2. The number of thiazole rings is 1. The van der Waals surface area contributed by atoms with Crippen LogP contribution in [0.5, 0.6) is 0 Å². The lowest BCUT2D eigenvalue weighted by molar-refractivity contribution is -0.114. The molecule has 3 rings (SSSR count). The molecular weight excluding hydrogens is 372 g/mol. The molecule has 134 valence electrons. The Balaban J connectivity index is 1.58. The Morgan fingerprint density at radius 2 is 1.73 bits per heavy atom. The first-order valence-electron chi connectivity index (χ1n) is 7.64. The van der Waals surface area contributed by atoms with E-state index in [1.54, 1.807) is 5.38 Å². The predicted octanol–water partition coefficient (Wildman–Crippen LogP) is 2.99. The number of carbonyl (C=O) groups excluding carboxylic acids is 1. The second-order valence-corrected chi connectivity index (χ2v) is 7.81. The molecule has 0 radical (unpaired) electrons. The first-order valence-corrected chi connectivity index (χ1v) is 10.0. The van der Waals surface area contributed by atoms with Crippen molar-refractivity contribution in [2.45, 2.75) is 4.90 Å². The Hall–Kier alpha value is -2.91. The maximum Gasteiger partial charge on any atom is 0.263 e. The van der Waals surface area contributed by atoms with Gasteiger partial charge in [-0.15, -0.1) is 11.3 Å². The van der Waals surface area contributed by atoms with E-state index in [-0.39, 0.29) is 17.3 Å². The van der Waals surface area contributed by atoms with Crippen LogP contribution in [0.3, 0.4) is 0 Å². The van der Waals surface area contributed by atoms with Crippen molar-refractivity contribution >= 4 is 43.8 Å². The van der Waals surface area contributed by atoms with Gasteiger partial charge in [0.25, 0.3) is 10.0 Å². The van der Waals surface area contributed by atoms with Crippen LogP contribution in [-0.2, 0) is 14.8 Å². The molecule has 3 aromatic rings. The highest BCUT2D eigenvalue weighted by Crippen LogP contribution is 2.19. The first-order chi connectivity index (χ1) is 12.5. The van der Waals surface area contributed by atoms with Gasteiger partial charge in [0.1, 0.15) is 0 Å². The molecule has 7 nitrogen and oxygen atoms in total. The molecule has 1 aromatic heterocycles. The van der Waals surface area contributed by atoms with Crippen LogP contribution in [0, 0.1) is 0 Å². The van der Waals surface area contributed by atoms with Gasteiger partial charge in [0.2, 0.25) is 5.91 Å². The van der Waals surface area contributed by atoms with Gasteiger partial charge in [0.05, 0.1) is 11.4 Å². The lowest BCUT2D eigenvalue weighted by Crippen LogP contribution is -2.21. The van der Waals surface area contributed by atoms with Gasteiger partial charge in [0.15, 0.2) is 5.13 Å². The summed E-state index contributed by atoms with van der Waals surface area (Å²) in [6.45, 7) is 0.107. The fourth-order valence-electron chi connectivity index (χ4n) is 2.11. The maximum absolute atomic E-state index is 12.3. The largest absolute Gasteiger partial charge is 0.376 e. The number of hydrogen-bond acceptors (Lipinski definition) is 6. The van der Waals surface area contributed by atoms with Crippen LogP contribution in [0.15, 0.2) is 71.1 Å². The molecule has 0 aliphatic carbocycles. The summed E-state index contributed by atoms with van der Waals surface area (Å²) in [7, 11) is -3.70. The highest BCUT2D eigenvalue weighted by molar-refractivity contribution is 7.93. The third kappa shape index (κ3) is 4.80. The molecule has 0 atom stereocenters. The molecule has 0 bridgehead atoms. The monoisotopic (exact) mass is 388 g/mol. The van der Waals surface area contributed by atoms with Crippen LogP contribution >= 0.6 is 11.3 Å². The maximum atomic E-state index is 12.3. The van der Waals surface area contributed by atoms with Crippen molar-refractivity contribution in [1.82, 2.24) is 4.98 Å². The average Bonchev–Trinajstić information content (AvgIpc) is 3.14. The SMILES string of the molecule is O=C(CNc1ccccc1)Nc1ccc(S(=O)(=O)Nc2nccs2)cc1. The standard InChI is InChI=1S/C17H16N4O3S2/c22-16(12-19-13-4-2-1-3-5-13)20-14-6-8-15(9-7-14)26(23,24)21-17-18-10-11-25-17/h1-11,19H,12H2,(H,18,21)(H,20,22). The van der Waals surface area contributed by atoms with Crippen molar-refractivity contribution in [2.24, 2.45) is 0 Å². The summed E-state index contributed by atoms with van der Waals surface area (Å²) in [4.78, 5) is 16.0. The number of hydrogen-bond donors (Lipinski definition) is 3. The van der Waals surface area contributed by atoms with Crippen LogP contribution in [0.25, 0.3) is 0 Å². The number of benzene rings is 2. The summed E-state index contributed by atoms with van der Waals surface area (Å²) in [6, 6.07) is 15.3. The molecule has 1 amide bonds. The number of rotatable bonds is 7. The summed E-state index contributed by atoms with van der Waals surface area (Å²) < 4.78 is 26.9. The van der Waals surface area contributed by atoms with Crippen LogP contribution in [0.2, 0.25) is 0 Å². The molecule has 0 spiro atoms. The third-order valence-electron chi connectivity index (χ3n) is 3.33. The summed E-state index contributed by atoms with van der Waals surface area (Å²) in [5, 5.41) is 7.69. The second-order valence-electron chi connectivity index (χ2n) is 5.23. The minimum atomic E-state index is -3.70. The van der Waals surface area contributed by atoms with E-state index in [2.05, 4.69) is 20.3 Å². The van der Waals surface area contributed by atoms with Crippen molar-refractivity contribution < 1.29 is 13.2 Å². The van der Waals surface area contributed by atoms with E-state index in [1.165, 1.54) is 41.8 Å². The molecule has 2 aromatic carbocycles. The molecule has 0 saturated carbocycles. The molecule has 0 unspecified atom stereocenters. The zero-order valence-electron chi connectivity index (χ0n) is 13.5. The highest BCUT2D eigenvalue weighted by atomic mass is 32.2. The molecule has 0 fully saturated rings. The highest BCUT2D eigenvalue weighted by Gasteiger charge is 2.15. The fourth-order valence-corrected chi connectivity index (χ4v) is 3.90. The van der Waals surface area contributed by atoms with Gasteiger partial charge in [-0.2, -0.15) is 0 Å². The van der Waals surface area contributed by atoms with E-state index < -0.39 is 10.0 Å². The lowest BCUT2D eigenvalue weighted by atomic mass is 10.3. The van der Waals surface area contributed by atoms with Crippen molar-refractivity contribution in [3.63, 3.8) is 0 Å². The number of para-hydroxylation sites is 1. The molecule has 26 heavy (non-hydrogen) atoms.